The van der Waals surface area contributed by atoms with E-state index in [0.29, 0.717) is 21.8 Å². The van der Waals surface area contributed by atoms with Crippen LogP contribution in [0.25, 0.3) is 22.2 Å². The van der Waals surface area contributed by atoms with E-state index >= 15 is 0 Å². The molecule has 0 radical (unpaired) electrons. The normalized spacial score (nSPS) is 11.0. The van der Waals surface area contributed by atoms with Crippen LogP contribution in [0, 0.1) is 0 Å². The third-order valence-electron chi connectivity index (χ3n) is 4.20. The standard InChI is InChI=1S/C22H15ClN4O/c23-19-7-3-1-6-17(19)21-13-18(16-5-2-4-8-20(16)26-21)22(28)27-25-14-15-9-11-24-12-10-15/h1-14H,(H,27,28)/b25-14+. The Morgan fingerprint density at radius 1 is 1.00 bits per heavy atom. The summed E-state index contributed by atoms with van der Waals surface area (Å²) in [5.74, 6) is -0.322. The number of para-hydroxylation sites is 1. The van der Waals surface area contributed by atoms with Crippen molar-refractivity contribution in [1.29, 1.82) is 0 Å². The zero-order valence-corrected chi connectivity index (χ0v) is 15.5. The number of rotatable bonds is 4. The highest BCUT2D eigenvalue weighted by Crippen LogP contribution is 2.29. The fourth-order valence-corrected chi connectivity index (χ4v) is 3.08. The van der Waals surface area contributed by atoms with E-state index < -0.39 is 0 Å². The highest BCUT2D eigenvalue weighted by molar-refractivity contribution is 6.33. The summed E-state index contributed by atoms with van der Waals surface area (Å²) in [5, 5.41) is 5.37. The second-order valence-corrected chi connectivity index (χ2v) is 6.44. The van der Waals surface area contributed by atoms with Gasteiger partial charge in [-0.1, -0.05) is 48.0 Å². The van der Waals surface area contributed by atoms with E-state index in [1.54, 1.807) is 42.9 Å². The number of hydrogen-bond donors (Lipinski definition) is 1. The number of halogens is 1. The third-order valence-corrected chi connectivity index (χ3v) is 4.53. The minimum atomic E-state index is -0.322. The smallest absolute Gasteiger partial charge is 0.267 e. The molecule has 0 spiro atoms. The van der Waals surface area contributed by atoms with Crippen LogP contribution in [0.3, 0.4) is 0 Å². The van der Waals surface area contributed by atoms with E-state index in [-0.39, 0.29) is 5.91 Å². The van der Waals surface area contributed by atoms with Gasteiger partial charge in [0.2, 0.25) is 0 Å². The molecule has 0 aliphatic heterocycles. The first-order chi connectivity index (χ1) is 13.7. The summed E-state index contributed by atoms with van der Waals surface area (Å²) >= 11 is 6.32. The van der Waals surface area contributed by atoms with Crippen molar-refractivity contribution in [2.24, 2.45) is 5.10 Å². The molecule has 136 valence electrons. The number of nitrogens with zero attached hydrogens (tertiary/aromatic N) is 3. The molecule has 0 fully saturated rings. The first kappa shape index (κ1) is 17.8. The molecule has 0 unspecified atom stereocenters. The summed E-state index contributed by atoms with van der Waals surface area (Å²) < 4.78 is 0. The van der Waals surface area contributed by atoms with Gasteiger partial charge in [0.1, 0.15) is 0 Å². The van der Waals surface area contributed by atoms with E-state index in [4.69, 9.17) is 11.6 Å². The van der Waals surface area contributed by atoms with E-state index in [1.807, 2.05) is 42.5 Å². The van der Waals surface area contributed by atoms with Crippen molar-refractivity contribution in [3.8, 4) is 11.3 Å². The Kier molecular flexibility index (Phi) is 5.08. The molecule has 2 heterocycles. The van der Waals surface area contributed by atoms with Gasteiger partial charge in [-0.25, -0.2) is 10.4 Å². The number of carbonyl (C=O) groups excluding carboxylic acids is 1. The maximum Gasteiger partial charge on any atom is 0.272 e. The van der Waals surface area contributed by atoms with E-state index in [1.165, 1.54) is 0 Å². The third kappa shape index (κ3) is 3.75. The van der Waals surface area contributed by atoms with Gasteiger partial charge in [-0.05, 0) is 35.9 Å². The Morgan fingerprint density at radius 3 is 2.57 bits per heavy atom. The Morgan fingerprint density at radius 2 is 1.75 bits per heavy atom. The van der Waals surface area contributed by atoms with Crippen LogP contribution in [0.5, 0.6) is 0 Å². The Balaban J connectivity index is 1.72. The fraction of sp³-hybridized carbons (Fsp3) is 0. The van der Waals surface area contributed by atoms with Gasteiger partial charge in [0.15, 0.2) is 0 Å². The van der Waals surface area contributed by atoms with Gasteiger partial charge in [0.25, 0.3) is 5.91 Å². The highest BCUT2D eigenvalue weighted by Gasteiger charge is 2.14. The number of hydrogen-bond acceptors (Lipinski definition) is 4. The first-order valence-electron chi connectivity index (χ1n) is 8.60. The Hall–Kier alpha value is -3.57. The van der Waals surface area contributed by atoms with Crippen molar-refractivity contribution in [2.75, 3.05) is 0 Å². The quantitative estimate of drug-likeness (QED) is 0.408. The lowest BCUT2D eigenvalue weighted by Gasteiger charge is -2.10. The summed E-state index contributed by atoms with van der Waals surface area (Å²) in [4.78, 5) is 21.4. The van der Waals surface area contributed by atoms with Crippen LogP contribution < -0.4 is 5.43 Å². The van der Waals surface area contributed by atoms with Crippen molar-refractivity contribution in [3.63, 3.8) is 0 Å². The van der Waals surface area contributed by atoms with Gasteiger partial charge in [0.05, 0.1) is 23.0 Å². The lowest BCUT2D eigenvalue weighted by molar-refractivity contribution is 0.0957. The molecule has 2 aromatic carbocycles. The van der Waals surface area contributed by atoms with Crippen LogP contribution in [-0.4, -0.2) is 22.1 Å². The number of nitrogens with one attached hydrogen (secondary N) is 1. The molecule has 0 bridgehead atoms. The molecule has 2 aromatic heterocycles. The van der Waals surface area contributed by atoms with Gasteiger partial charge < -0.3 is 0 Å². The van der Waals surface area contributed by atoms with E-state index in [2.05, 4.69) is 20.5 Å². The number of pyridine rings is 2. The number of hydrazone groups is 1. The Bertz CT molecular complexity index is 1180. The topological polar surface area (TPSA) is 67.2 Å². The van der Waals surface area contributed by atoms with Gasteiger partial charge in [0, 0.05) is 28.4 Å². The molecule has 4 rings (SSSR count). The summed E-state index contributed by atoms with van der Waals surface area (Å²) in [6.45, 7) is 0. The molecule has 6 heteroatoms. The van der Waals surface area contributed by atoms with Crippen LogP contribution in [0.1, 0.15) is 15.9 Å². The summed E-state index contributed by atoms with van der Waals surface area (Å²) in [6, 6.07) is 20.2. The SMILES string of the molecule is O=C(N/N=C/c1ccncc1)c1cc(-c2ccccc2Cl)nc2ccccc12. The summed E-state index contributed by atoms with van der Waals surface area (Å²) in [5.41, 5.74) is 6.01. The number of amides is 1. The van der Waals surface area contributed by atoms with Crippen LogP contribution in [0.2, 0.25) is 5.02 Å². The zero-order chi connectivity index (χ0) is 19.3. The van der Waals surface area contributed by atoms with Gasteiger partial charge in [-0.3, -0.25) is 9.78 Å². The lowest BCUT2D eigenvalue weighted by Crippen LogP contribution is -2.18. The number of fused-ring (bicyclic) bond motifs is 1. The van der Waals surface area contributed by atoms with Crippen molar-refractivity contribution in [2.45, 2.75) is 0 Å². The molecular weight excluding hydrogens is 372 g/mol. The first-order valence-corrected chi connectivity index (χ1v) is 8.98. The number of carbonyl (C=O) groups is 1. The van der Waals surface area contributed by atoms with Gasteiger partial charge >= 0.3 is 0 Å². The van der Waals surface area contributed by atoms with Gasteiger partial charge in [-0.15, -0.1) is 0 Å². The molecule has 0 aliphatic rings. The Labute approximate surface area is 166 Å². The summed E-state index contributed by atoms with van der Waals surface area (Å²) in [6.07, 6.45) is 4.89. The van der Waals surface area contributed by atoms with E-state index in [9.17, 15) is 4.79 Å². The number of benzene rings is 2. The largest absolute Gasteiger partial charge is 0.272 e. The maximum atomic E-state index is 12.8. The molecule has 0 saturated heterocycles. The van der Waals surface area contributed by atoms with Crippen LogP contribution >= 0.6 is 11.6 Å². The molecule has 28 heavy (non-hydrogen) atoms. The molecular formula is C22H15ClN4O. The second-order valence-electron chi connectivity index (χ2n) is 6.03. The molecule has 5 nitrogen and oxygen atoms in total. The van der Waals surface area contributed by atoms with Crippen LogP contribution in [0.15, 0.2) is 84.2 Å². The van der Waals surface area contributed by atoms with Gasteiger partial charge in [-0.2, -0.15) is 5.10 Å². The average Bonchev–Trinajstić information content (AvgIpc) is 2.74. The maximum absolute atomic E-state index is 12.8. The molecule has 0 atom stereocenters. The zero-order valence-electron chi connectivity index (χ0n) is 14.7. The minimum Gasteiger partial charge on any atom is -0.267 e. The fourth-order valence-electron chi connectivity index (χ4n) is 2.85. The molecule has 1 N–H and O–H groups in total. The van der Waals surface area contributed by atoms with E-state index in [0.717, 1.165) is 16.5 Å². The molecule has 0 aliphatic carbocycles. The van der Waals surface area contributed by atoms with Crippen molar-refractivity contribution in [3.05, 3.63) is 95.3 Å². The predicted molar refractivity (Wildman–Crippen MR) is 111 cm³/mol. The van der Waals surface area contributed by atoms with Crippen LogP contribution in [0.4, 0.5) is 0 Å². The average molecular weight is 387 g/mol. The lowest BCUT2D eigenvalue weighted by atomic mass is 10.0. The van der Waals surface area contributed by atoms with Crippen molar-refractivity contribution >= 4 is 34.6 Å². The van der Waals surface area contributed by atoms with Crippen LogP contribution in [-0.2, 0) is 0 Å². The highest BCUT2D eigenvalue weighted by atomic mass is 35.5. The molecule has 1 amide bonds. The number of aromatic nitrogens is 2. The molecule has 4 aromatic rings. The second kappa shape index (κ2) is 7.98. The van der Waals surface area contributed by atoms with Crippen molar-refractivity contribution in [1.82, 2.24) is 15.4 Å². The monoisotopic (exact) mass is 386 g/mol. The minimum absolute atomic E-state index is 0.322. The van der Waals surface area contributed by atoms with Crippen molar-refractivity contribution < 1.29 is 4.79 Å². The molecule has 0 saturated carbocycles. The summed E-state index contributed by atoms with van der Waals surface area (Å²) in [7, 11) is 0. The predicted octanol–water partition coefficient (Wildman–Crippen LogP) is 4.71.